The molecule has 1 aliphatic rings. The number of benzene rings is 1. The Morgan fingerprint density at radius 3 is 2.88 bits per heavy atom. The Kier molecular flexibility index (Phi) is 6.19. The second-order valence-electron chi connectivity index (χ2n) is 4.93. The van der Waals surface area contributed by atoms with Gasteiger partial charge in [0.25, 0.3) is 5.91 Å². The first kappa shape index (κ1) is 17.8. The van der Waals surface area contributed by atoms with Gasteiger partial charge >= 0.3 is 12.0 Å². The number of esters is 1. The highest BCUT2D eigenvalue weighted by atomic mass is 32.2. The highest BCUT2D eigenvalue weighted by molar-refractivity contribution is 8.00. The summed E-state index contributed by atoms with van der Waals surface area (Å²) in [6.45, 7) is 1.75. The average Bonchev–Trinajstić information content (AvgIpc) is 2.57. The van der Waals surface area contributed by atoms with Gasteiger partial charge in [0.15, 0.2) is 6.61 Å². The fourth-order valence-corrected chi connectivity index (χ4v) is 2.66. The molecule has 9 heteroatoms. The summed E-state index contributed by atoms with van der Waals surface area (Å²) < 4.78 is 4.86. The van der Waals surface area contributed by atoms with E-state index in [1.807, 2.05) is 6.92 Å². The van der Waals surface area contributed by atoms with Crippen molar-refractivity contribution in [3.8, 4) is 0 Å². The summed E-state index contributed by atoms with van der Waals surface area (Å²) in [6.07, 6.45) is 0.740. The zero-order valence-electron chi connectivity index (χ0n) is 13.0. The predicted molar refractivity (Wildman–Crippen MR) is 87.9 cm³/mol. The van der Waals surface area contributed by atoms with E-state index in [2.05, 4.69) is 16.0 Å². The van der Waals surface area contributed by atoms with Crippen molar-refractivity contribution in [1.29, 1.82) is 0 Å². The van der Waals surface area contributed by atoms with Crippen LogP contribution in [0.15, 0.2) is 23.1 Å². The first-order chi connectivity index (χ1) is 11.5. The lowest BCUT2D eigenvalue weighted by Gasteiger charge is -2.16. The molecule has 1 aliphatic heterocycles. The van der Waals surface area contributed by atoms with Crippen LogP contribution in [-0.2, 0) is 14.3 Å². The van der Waals surface area contributed by atoms with Crippen molar-refractivity contribution in [3.05, 3.63) is 23.8 Å². The molecule has 0 radical (unpaired) electrons. The zero-order valence-corrected chi connectivity index (χ0v) is 13.8. The third kappa shape index (κ3) is 4.98. The van der Waals surface area contributed by atoms with E-state index >= 15 is 0 Å². The van der Waals surface area contributed by atoms with Gasteiger partial charge in [0.1, 0.15) is 0 Å². The summed E-state index contributed by atoms with van der Waals surface area (Å²) in [5.74, 6) is -1.25. The highest BCUT2D eigenvalue weighted by Crippen LogP contribution is 2.32. The van der Waals surface area contributed by atoms with E-state index in [9.17, 15) is 19.2 Å². The predicted octanol–water partition coefficient (Wildman–Crippen LogP) is 1.12. The molecule has 0 bridgehead atoms. The number of anilines is 1. The number of carbonyl (C=O) groups is 4. The van der Waals surface area contributed by atoms with Gasteiger partial charge in [-0.25, -0.2) is 9.59 Å². The van der Waals surface area contributed by atoms with Gasteiger partial charge in [0.2, 0.25) is 5.91 Å². The number of fused-ring (bicyclic) bond motifs is 1. The van der Waals surface area contributed by atoms with Gasteiger partial charge in [-0.3, -0.25) is 14.9 Å². The molecule has 0 aliphatic carbocycles. The number of thioether (sulfide) groups is 1. The van der Waals surface area contributed by atoms with Crippen molar-refractivity contribution in [1.82, 2.24) is 10.6 Å². The van der Waals surface area contributed by atoms with E-state index in [0.717, 1.165) is 11.3 Å². The van der Waals surface area contributed by atoms with Crippen molar-refractivity contribution in [3.63, 3.8) is 0 Å². The van der Waals surface area contributed by atoms with Crippen LogP contribution in [0, 0.1) is 0 Å². The van der Waals surface area contributed by atoms with E-state index in [0.29, 0.717) is 18.0 Å². The Hall–Kier alpha value is -2.55. The molecule has 0 aromatic heterocycles. The van der Waals surface area contributed by atoms with Crippen LogP contribution in [0.1, 0.15) is 23.7 Å². The zero-order chi connectivity index (χ0) is 17.5. The lowest BCUT2D eigenvalue weighted by atomic mass is 10.2. The van der Waals surface area contributed by atoms with Crippen molar-refractivity contribution in [2.24, 2.45) is 0 Å². The fraction of sp³-hybridized carbons (Fsp3) is 0.333. The Bertz CT molecular complexity index is 677. The second-order valence-corrected chi connectivity index (χ2v) is 5.95. The first-order valence-electron chi connectivity index (χ1n) is 7.31. The molecular formula is C15H17N3O5S. The van der Waals surface area contributed by atoms with Gasteiger partial charge in [-0.15, -0.1) is 11.8 Å². The lowest BCUT2D eigenvalue weighted by molar-refractivity contribution is -0.123. The van der Waals surface area contributed by atoms with E-state index in [1.165, 1.54) is 17.8 Å². The third-order valence-corrected chi connectivity index (χ3v) is 4.04. The number of nitrogens with one attached hydrogen (secondary N) is 3. The standard InChI is InChI=1S/C15H17N3O5S/c1-2-5-16-15(22)18-12(19)7-23-14(21)9-3-4-11-10(6-9)17-13(20)8-24-11/h3-4,6H,2,5,7-8H2,1H3,(H,17,20)(H2,16,18,19,22). The van der Waals surface area contributed by atoms with Crippen LogP contribution in [0.5, 0.6) is 0 Å². The minimum absolute atomic E-state index is 0.143. The smallest absolute Gasteiger partial charge is 0.338 e. The molecule has 1 aromatic carbocycles. The maximum atomic E-state index is 12.0. The largest absolute Gasteiger partial charge is 0.452 e. The number of carbonyl (C=O) groups excluding carboxylic acids is 4. The number of urea groups is 1. The molecule has 0 saturated heterocycles. The van der Waals surface area contributed by atoms with Crippen LogP contribution >= 0.6 is 11.8 Å². The molecule has 2 rings (SSSR count). The normalized spacial score (nSPS) is 12.6. The Labute approximate surface area is 142 Å². The molecule has 3 N–H and O–H groups in total. The highest BCUT2D eigenvalue weighted by Gasteiger charge is 2.18. The summed E-state index contributed by atoms with van der Waals surface area (Å²) in [4.78, 5) is 47.0. The molecule has 1 heterocycles. The van der Waals surface area contributed by atoms with Gasteiger partial charge in [0, 0.05) is 11.4 Å². The molecule has 24 heavy (non-hydrogen) atoms. The van der Waals surface area contributed by atoms with Crippen LogP contribution in [0.3, 0.4) is 0 Å². The van der Waals surface area contributed by atoms with Crippen LogP contribution in [0.25, 0.3) is 0 Å². The Morgan fingerprint density at radius 2 is 2.12 bits per heavy atom. The van der Waals surface area contributed by atoms with Gasteiger partial charge < -0.3 is 15.4 Å². The summed E-state index contributed by atoms with van der Waals surface area (Å²) in [7, 11) is 0. The number of rotatable bonds is 5. The molecule has 0 saturated carbocycles. The minimum atomic E-state index is -0.723. The van der Waals surface area contributed by atoms with Crippen LogP contribution in [0.4, 0.5) is 10.5 Å². The van der Waals surface area contributed by atoms with Gasteiger partial charge in [-0.05, 0) is 24.6 Å². The number of imide groups is 1. The van der Waals surface area contributed by atoms with E-state index < -0.39 is 24.5 Å². The van der Waals surface area contributed by atoms with Crippen LogP contribution < -0.4 is 16.0 Å². The molecule has 4 amide bonds. The maximum Gasteiger partial charge on any atom is 0.338 e. The number of hydrogen-bond acceptors (Lipinski definition) is 6. The summed E-state index contributed by atoms with van der Waals surface area (Å²) in [5, 5.41) is 7.18. The quantitative estimate of drug-likeness (QED) is 0.685. The van der Waals surface area contributed by atoms with Crippen LogP contribution in [0.2, 0.25) is 0 Å². The SMILES string of the molecule is CCCNC(=O)NC(=O)COC(=O)c1ccc2c(c1)NC(=O)CS2. The van der Waals surface area contributed by atoms with Gasteiger partial charge in [-0.1, -0.05) is 6.92 Å². The second kappa shape index (κ2) is 8.34. The van der Waals surface area contributed by atoms with Crippen molar-refractivity contribution >= 4 is 41.3 Å². The summed E-state index contributed by atoms with van der Waals surface area (Å²) >= 11 is 1.38. The number of hydrogen-bond donors (Lipinski definition) is 3. The molecule has 0 atom stereocenters. The van der Waals surface area contributed by atoms with E-state index in [-0.39, 0.29) is 11.5 Å². The van der Waals surface area contributed by atoms with Gasteiger partial charge in [-0.2, -0.15) is 0 Å². The molecule has 8 nitrogen and oxygen atoms in total. The Morgan fingerprint density at radius 1 is 1.33 bits per heavy atom. The summed E-state index contributed by atoms with van der Waals surface area (Å²) in [5.41, 5.74) is 0.744. The topological polar surface area (TPSA) is 114 Å². The van der Waals surface area contributed by atoms with Crippen molar-refractivity contribution in [2.45, 2.75) is 18.2 Å². The monoisotopic (exact) mass is 351 g/mol. The molecule has 128 valence electrons. The summed E-state index contributed by atoms with van der Waals surface area (Å²) in [6, 6.07) is 4.12. The van der Waals surface area contributed by atoms with Crippen molar-refractivity contribution in [2.75, 3.05) is 24.2 Å². The van der Waals surface area contributed by atoms with E-state index in [4.69, 9.17) is 4.74 Å². The maximum absolute atomic E-state index is 12.0. The molecule has 0 unspecified atom stereocenters. The first-order valence-corrected chi connectivity index (χ1v) is 8.29. The minimum Gasteiger partial charge on any atom is -0.452 e. The fourth-order valence-electron chi connectivity index (χ4n) is 1.87. The third-order valence-electron chi connectivity index (χ3n) is 2.97. The molecule has 0 fully saturated rings. The Balaban J connectivity index is 1.86. The number of amides is 4. The lowest BCUT2D eigenvalue weighted by Crippen LogP contribution is -2.41. The number of ether oxygens (including phenoxy) is 1. The molecular weight excluding hydrogens is 334 g/mol. The van der Waals surface area contributed by atoms with Crippen molar-refractivity contribution < 1.29 is 23.9 Å². The van der Waals surface area contributed by atoms with E-state index in [1.54, 1.807) is 12.1 Å². The van der Waals surface area contributed by atoms with Gasteiger partial charge in [0.05, 0.1) is 17.0 Å². The average molecular weight is 351 g/mol. The molecule has 0 spiro atoms. The van der Waals surface area contributed by atoms with Crippen LogP contribution in [-0.4, -0.2) is 42.7 Å². The molecule has 1 aromatic rings.